The molecule has 0 amide bonds. The molecule has 240 valence electrons. The highest BCUT2D eigenvalue weighted by Crippen LogP contribution is 2.40. The predicted molar refractivity (Wildman–Crippen MR) is 203 cm³/mol. The maximum atomic E-state index is 7.96. The molecule has 0 radical (unpaired) electrons. The van der Waals surface area contributed by atoms with E-state index in [-0.39, 0.29) is 32.3 Å². The van der Waals surface area contributed by atoms with E-state index in [2.05, 4.69) is 66.3 Å². The number of nitrogens with one attached hydrogen (secondary N) is 2. The summed E-state index contributed by atoms with van der Waals surface area (Å²) >= 11 is 13.2. The zero-order chi connectivity index (χ0) is 38.6. The van der Waals surface area contributed by atoms with Crippen molar-refractivity contribution in [2.75, 3.05) is 10.6 Å². The van der Waals surface area contributed by atoms with Crippen LogP contribution in [0.5, 0.6) is 11.5 Å². The molecule has 7 aromatic rings. The molecule has 0 fully saturated rings. The summed E-state index contributed by atoms with van der Waals surface area (Å²) in [4.78, 5) is 4.78. The maximum absolute atomic E-state index is 7.96. The van der Waals surface area contributed by atoms with Gasteiger partial charge in [0.05, 0.1) is 38.1 Å². The highest BCUT2D eigenvalue weighted by Gasteiger charge is 2.19. The highest BCUT2D eigenvalue weighted by atomic mass is 35.5. The lowest BCUT2D eigenvalue weighted by molar-refractivity contribution is 0.483. The lowest BCUT2D eigenvalue weighted by atomic mass is 9.88. The first-order valence-corrected chi connectivity index (χ1v) is 16.2. The Labute approximate surface area is 299 Å². The SMILES string of the molecule is [2H]C([2H])([2H])c1cc(C([2H])([2H])[2H])c(Cl)c(Nc2ccccc2Nc2cccc(Oc3ccc4c5ccccc5n(-c5cc(C(C)(C)C)ccn5)c4c3)c2)c1Cl. The van der Waals surface area contributed by atoms with Crippen molar-refractivity contribution in [2.24, 2.45) is 0 Å². The van der Waals surface area contributed by atoms with Gasteiger partial charge in [-0.1, -0.05) is 86.4 Å². The summed E-state index contributed by atoms with van der Waals surface area (Å²) in [6.07, 6.45) is 1.86. The largest absolute Gasteiger partial charge is 0.457 e. The first-order valence-electron chi connectivity index (χ1n) is 18.4. The number of nitrogens with zero attached hydrogens (tertiary/aromatic N) is 2. The Bertz CT molecular complexity index is 2500. The van der Waals surface area contributed by atoms with Crippen molar-refractivity contribution < 1.29 is 13.0 Å². The second-order valence-corrected chi connectivity index (χ2v) is 13.3. The van der Waals surface area contributed by atoms with Gasteiger partial charge in [0.2, 0.25) is 0 Å². The van der Waals surface area contributed by atoms with Crippen molar-refractivity contribution in [1.29, 1.82) is 0 Å². The van der Waals surface area contributed by atoms with E-state index in [0.717, 1.165) is 33.7 Å². The molecule has 48 heavy (non-hydrogen) atoms. The monoisotopic (exact) mass is 676 g/mol. The summed E-state index contributed by atoms with van der Waals surface area (Å²) in [5.41, 5.74) is 4.26. The predicted octanol–water partition coefficient (Wildman–Crippen LogP) is 12.7. The second kappa shape index (κ2) is 12.6. The molecule has 5 nitrogen and oxygen atoms in total. The number of fused-ring (bicyclic) bond motifs is 3. The van der Waals surface area contributed by atoms with Crippen molar-refractivity contribution in [3.8, 4) is 17.3 Å². The first-order chi connectivity index (χ1) is 25.5. The summed E-state index contributed by atoms with van der Waals surface area (Å²) in [5, 5.41) is 8.30. The molecule has 0 aliphatic rings. The Morgan fingerprint density at radius 2 is 1.38 bits per heavy atom. The van der Waals surface area contributed by atoms with Crippen LogP contribution in [0.15, 0.2) is 115 Å². The first kappa shape index (κ1) is 25.1. The fourth-order valence-corrected chi connectivity index (χ4v) is 6.22. The number of ether oxygens (including phenoxy) is 1. The average Bonchev–Trinajstić information content (AvgIpc) is 3.43. The number of para-hydroxylation sites is 3. The van der Waals surface area contributed by atoms with E-state index in [1.807, 2.05) is 66.9 Å². The van der Waals surface area contributed by atoms with E-state index in [1.54, 1.807) is 12.1 Å². The normalized spacial score (nSPS) is 14.0. The molecule has 7 rings (SSSR count). The van der Waals surface area contributed by atoms with Crippen LogP contribution in [0.2, 0.25) is 10.0 Å². The van der Waals surface area contributed by atoms with Crippen LogP contribution >= 0.6 is 23.2 Å². The minimum Gasteiger partial charge on any atom is -0.457 e. The van der Waals surface area contributed by atoms with Crippen LogP contribution in [0.4, 0.5) is 22.7 Å². The molecule has 0 saturated heterocycles. The van der Waals surface area contributed by atoms with E-state index in [1.165, 1.54) is 5.56 Å². The van der Waals surface area contributed by atoms with Crippen LogP contribution in [-0.4, -0.2) is 9.55 Å². The standard InChI is InChI=1S/C41H36Cl2N4O/c1-25-21-26(2)39(43)40(38(25)42)46-34-15-8-7-14-33(34)45-28-11-10-12-29(23-28)48-30-17-18-32-31-13-6-9-16-35(31)47(36(32)24-30)37-22-27(19-20-44-37)41(3,4)5/h6-24,45-46H,1-5H3/i1D3,2D3. The average molecular weight is 678 g/mol. The van der Waals surface area contributed by atoms with E-state index < -0.39 is 13.7 Å². The topological polar surface area (TPSA) is 51.1 Å². The fraction of sp³-hybridized carbons (Fsp3) is 0.146. The molecule has 0 atom stereocenters. The third kappa shape index (κ3) is 6.08. The zero-order valence-corrected chi connectivity index (χ0v) is 28.0. The van der Waals surface area contributed by atoms with Crippen LogP contribution in [-0.2, 0) is 5.41 Å². The minimum atomic E-state index is -2.67. The molecule has 0 unspecified atom stereocenters. The quantitative estimate of drug-likeness (QED) is 0.176. The molecule has 5 aromatic carbocycles. The number of anilines is 4. The van der Waals surface area contributed by atoms with Gasteiger partial charge >= 0.3 is 0 Å². The van der Waals surface area contributed by atoms with Crippen molar-refractivity contribution in [2.45, 2.75) is 39.9 Å². The van der Waals surface area contributed by atoms with E-state index in [9.17, 15) is 0 Å². The second-order valence-electron chi connectivity index (χ2n) is 12.6. The number of aryl methyl sites for hydroxylation is 2. The van der Waals surface area contributed by atoms with E-state index in [4.69, 9.17) is 41.1 Å². The van der Waals surface area contributed by atoms with Gasteiger partial charge in [-0.05, 0) is 90.4 Å². The summed E-state index contributed by atoms with van der Waals surface area (Å²) in [5.74, 6) is 2.05. The molecule has 0 aliphatic heterocycles. The van der Waals surface area contributed by atoms with Crippen molar-refractivity contribution in [3.05, 3.63) is 142 Å². The van der Waals surface area contributed by atoms with Crippen LogP contribution < -0.4 is 15.4 Å². The third-order valence-corrected chi connectivity index (χ3v) is 9.01. The number of rotatable bonds is 7. The van der Waals surface area contributed by atoms with Crippen LogP contribution in [0, 0.1) is 13.7 Å². The number of hydrogen-bond donors (Lipinski definition) is 2. The van der Waals surface area contributed by atoms with E-state index in [0.29, 0.717) is 28.6 Å². The molecular weight excluding hydrogens is 635 g/mol. The van der Waals surface area contributed by atoms with Gasteiger partial charge in [-0.25, -0.2) is 4.98 Å². The molecule has 2 N–H and O–H groups in total. The number of pyridine rings is 1. The molecule has 2 heterocycles. The molecule has 0 bridgehead atoms. The van der Waals surface area contributed by atoms with Gasteiger partial charge in [0.15, 0.2) is 0 Å². The Balaban J connectivity index is 1.21. The van der Waals surface area contributed by atoms with Gasteiger partial charge in [0, 0.05) is 43.0 Å². The minimum absolute atomic E-state index is 0.0162. The molecular formula is C41H36Cl2N4O. The van der Waals surface area contributed by atoms with Gasteiger partial charge in [0.1, 0.15) is 17.3 Å². The van der Waals surface area contributed by atoms with Gasteiger partial charge < -0.3 is 15.4 Å². The lowest BCUT2D eigenvalue weighted by Gasteiger charge is -2.20. The molecule has 7 heteroatoms. The molecule has 0 aliphatic carbocycles. The molecule has 0 spiro atoms. The van der Waals surface area contributed by atoms with Gasteiger partial charge in [0.25, 0.3) is 0 Å². The Morgan fingerprint density at radius 3 is 2.12 bits per heavy atom. The smallest absolute Gasteiger partial charge is 0.137 e. The van der Waals surface area contributed by atoms with Crippen LogP contribution in [0.3, 0.4) is 0 Å². The Hall–Kier alpha value is -4.97. The van der Waals surface area contributed by atoms with Crippen LogP contribution in [0.25, 0.3) is 27.6 Å². The summed E-state index contributed by atoms with van der Waals surface area (Å²) in [7, 11) is 0. The summed E-state index contributed by atoms with van der Waals surface area (Å²) < 4.78 is 56.4. The highest BCUT2D eigenvalue weighted by molar-refractivity contribution is 6.40. The Kier molecular flexibility index (Phi) is 6.57. The third-order valence-electron chi connectivity index (χ3n) is 8.22. The van der Waals surface area contributed by atoms with Crippen molar-refractivity contribution >= 4 is 67.8 Å². The zero-order valence-electron chi connectivity index (χ0n) is 32.5. The van der Waals surface area contributed by atoms with Crippen molar-refractivity contribution in [3.63, 3.8) is 0 Å². The summed E-state index contributed by atoms with van der Waals surface area (Å²) in [6, 6.07) is 34.1. The van der Waals surface area contributed by atoms with Crippen LogP contribution in [0.1, 0.15) is 45.7 Å². The number of hydrogen-bond acceptors (Lipinski definition) is 4. The maximum Gasteiger partial charge on any atom is 0.137 e. The van der Waals surface area contributed by atoms with Gasteiger partial charge in [-0.3, -0.25) is 4.57 Å². The lowest BCUT2D eigenvalue weighted by Crippen LogP contribution is -2.12. The molecule has 2 aromatic heterocycles. The number of aromatic nitrogens is 2. The van der Waals surface area contributed by atoms with Gasteiger partial charge in [-0.15, -0.1) is 0 Å². The van der Waals surface area contributed by atoms with E-state index >= 15 is 0 Å². The fourth-order valence-electron chi connectivity index (χ4n) is 5.78. The number of halogens is 2. The molecule has 0 saturated carbocycles. The number of benzene rings is 5. The van der Waals surface area contributed by atoms with Gasteiger partial charge in [-0.2, -0.15) is 0 Å². The summed E-state index contributed by atoms with van der Waals surface area (Å²) in [6.45, 7) is 1.21. The van der Waals surface area contributed by atoms with Crippen molar-refractivity contribution in [1.82, 2.24) is 9.55 Å². The Morgan fingerprint density at radius 1 is 0.688 bits per heavy atom.